The third kappa shape index (κ3) is 3.72. The van der Waals surface area contributed by atoms with Crippen LogP contribution in [0.5, 0.6) is 11.5 Å². The van der Waals surface area contributed by atoms with Crippen molar-refractivity contribution in [2.24, 2.45) is 5.73 Å². The summed E-state index contributed by atoms with van der Waals surface area (Å²) < 4.78 is 5.83. The van der Waals surface area contributed by atoms with Gasteiger partial charge in [-0.25, -0.2) is 4.98 Å². The van der Waals surface area contributed by atoms with Crippen molar-refractivity contribution in [1.29, 1.82) is 0 Å². The number of aromatic nitrogens is 2. The van der Waals surface area contributed by atoms with Gasteiger partial charge in [0.15, 0.2) is 0 Å². The number of nitrogens with one attached hydrogen (secondary N) is 1. The number of carbonyl (C=O) groups excluding carboxylic acids is 1. The second-order valence-corrected chi connectivity index (χ2v) is 6.04. The van der Waals surface area contributed by atoms with Gasteiger partial charge in [-0.3, -0.25) is 4.79 Å². The first-order valence-electron chi connectivity index (χ1n) is 8.47. The van der Waals surface area contributed by atoms with Crippen LogP contribution in [0.25, 0.3) is 28.2 Å². The van der Waals surface area contributed by atoms with Crippen LogP contribution in [0.2, 0.25) is 0 Å². The summed E-state index contributed by atoms with van der Waals surface area (Å²) in [7, 11) is 0. The molecule has 5 nitrogen and oxygen atoms in total. The first-order chi connectivity index (χ1) is 13.2. The lowest BCUT2D eigenvalue weighted by atomic mass is 10.1. The van der Waals surface area contributed by atoms with Crippen molar-refractivity contribution in [3.8, 4) is 22.6 Å². The highest BCUT2D eigenvalue weighted by Gasteiger charge is 2.06. The van der Waals surface area contributed by atoms with Crippen LogP contribution in [-0.4, -0.2) is 15.9 Å². The Morgan fingerprint density at radius 3 is 2.48 bits per heavy atom. The number of rotatable bonds is 5. The van der Waals surface area contributed by atoms with E-state index in [-0.39, 0.29) is 0 Å². The summed E-state index contributed by atoms with van der Waals surface area (Å²) >= 11 is 0. The molecular weight excluding hydrogens is 338 g/mol. The number of fused-ring (bicyclic) bond motifs is 1. The van der Waals surface area contributed by atoms with E-state index in [0.29, 0.717) is 0 Å². The lowest BCUT2D eigenvalue weighted by molar-refractivity contribution is -0.113. The van der Waals surface area contributed by atoms with Crippen molar-refractivity contribution >= 4 is 23.0 Å². The van der Waals surface area contributed by atoms with Crippen molar-refractivity contribution in [2.75, 3.05) is 0 Å². The number of nitrogens with two attached hydrogens (primary N) is 1. The van der Waals surface area contributed by atoms with E-state index in [4.69, 9.17) is 10.5 Å². The summed E-state index contributed by atoms with van der Waals surface area (Å²) in [5, 5.41) is 0.926. The van der Waals surface area contributed by atoms with E-state index in [2.05, 4.69) is 9.97 Å². The third-order valence-corrected chi connectivity index (χ3v) is 4.16. The van der Waals surface area contributed by atoms with Gasteiger partial charge in [-0.1, -0.05) is 30.3 Å². The fourth-order valence-corrected chi connectivity index (χ4v) is 2.83. The molecule has 27 heavy (non-hydrogen) atoms. The van der Waals surface area contributed by atoms with Crippen LogP contribution < -0.4 is 10.5 Å². The quantitative estimate of drug-likeness (QED) is 0.516. The van der Waals surface area contributed by atoms with Gasteiger partial charge in [-0.2, -0.15) is 0 Å². The van der Waals surface area contributed by atoms with Gasteiger partial charge in [-0.15, -0.1) is 0 Å². The first-order valence-corrected chi connectivity index (χ1v) is 8.47. The Balaban J connectivity index is 1.62. The van der Waals surface area contributed by atoms with Crippen LogP contribution in [0, 0.1) is 0 Å². The summed E-state index contributed by atoms with van der Waals surface area (Å²) in [6, 6.07) is 19.5. The average molecular weight is 355 g/mol. The predicted octanol–water partition coefficient (Wildman–Crippen LogP) is 4.52. The Morgan fingerprint density at radius 1 is 1.00 bits per heavy atom. The molecule has 0 unspecified atom stereocenters. The van der Waals surface area contributed by atoms with E-state index in [9.17, 15) is 4.79 Å². The smallest absolute Gasteiger partial charge is 0.241 e. The molecule has 2 heterocycles. The van der Waals surface area contributed by atoms with E-state index in [1.54, 1.807) is 12.3 Å². The Labute approximate surface area is 156 Å². The summed E-state index contributed by atoms with van der Waals surface area (Å²) in [5.74, 6) is 1.08. The zero-order valence-electron chi connectivity index (χ0n) is 14.4. The minimum atomic E-state index is -0.484. The van der Waals surface area contributed by atoms with Crippen LogP contribution in [0.1, 0.15) is 5.56 Å². The molecule has 1 amide bonds. The largest absolute Gasteiger partial charge is 0.457 e. The van der Waals surface area contributed by atoms with Crippen LogP contribution in [0.3, 0.4) is 0 Å². The van der Waals surface area contributed by atoms with Crippen molar-refractivity contribution in [3.63, 3.8) is 0 Å². The third-order valence-electron chi connectivity index (χ3n) is 4.16. The number of pyridine rings is 1. The first kappa shape index (κ1) is 16.6. The topological polar surface area (TPSA) is 81.0 Å². The van der Waals surface area contributed by atoms with Crippen LogP contribution in [0.4, 0.5) is 0 Å². The monoisotopic (exact) mass is 355 g/mol. The second kappa shape index (κ2) is 7.17. The van der Waals surface area contributed by atoms with E-state index >= 15 is 0 Å². The molecule has 4 aromatic rings. The van der Waals surface area contributed by atoms with Gasteiger partial charge >= 0.3 is 0 Å². The van der Waals surface area contributed by atoms with Crippen LogP contribution in [0.15, 0.2) is 79.1 Å². The molecule has 4 rings (SSSR count). The van der Waals surface area contributed by atoms with Crippen LogP contribution in [-0.2, 0) is 4.79 Å². The van der Waals surface area contributed by atoms with Crippen molar-refractivity contribution in [2.45, 2.75) is 0 Å². The molecule has 0 atom stereocenters. The molecule has 0 saturated heterocycles. The van der Waals surface area contributed by atoms with E-state index in [1.807, 2.05) is 66.9 Å². The summed E-state index contributed by atoms with van der Waals surface area (Å²) in [6.45, 7) is 0. The minimum Gasteiger partial charge on any atom is -0.457 e. The van der Waals surface area contributed by atoms with Gasteiger partial charge in [-0.05, 0) is 42.0 Å². The molecule has 2 aromatic carbocycles. The number of benzene rings is 2. The normalized spacial score (nSPS) is 11.1. The van der Waals surface area contributed by atoms with Gasteiger partial charge in [0.05, 0.1) is 0 Å². The molecule has 0 aliphatic heterocycles. The Kier molecular flexibility index (Phi) is 4.41. The molecule has 0 saturated carbocycles. The number of aromatic amines is 1. The molecular formula is C22H17N3O2. The molecule has 3 N–H and O–H groups in total. The maximum absolute atomic E-state index is 11.0. The van der Waals surface area contributed by atoms with Crippen molar-refractivity contribution < 1.29 is 9.53 Å². The highest BCUT2D eigenvalue weighted by Crippen LogP contribution is 2.28. The van der Waals surface area contributed by atoms with E-state index < -0.39 is 5.91 Å². The molecule has 2 aromatic heterocycles. The number of amides is 1. The zero-order valence-corrected chi connectivity index (χ0v) is 14.4. The molecule has 5 heteroatoms. The highest BCUT2D eigenvalue weighted by molar-refractivity contribution is 5.95. The highest BCUT2D eigenvalue weighted by atomic mass is 16.5. The standard InChI is InChI=1S/C22H17N3O2/c23-21(26)11-8-16-13-24-22-20(16)12-17(14-25-22)15-6-9-19(10-7-15)27-18-4-2-1-3-5-18/h1-14H,(H2,23,26)(H,24,25). The predicted molar refractivity (Wildman–Crippen MR) is 106 cm³/mol. The maximum Gasteiger partial charge on any atom is 0.241 e. The Bertz CT molecular complexity index is 1110. The van der Waals surface area contributed by atoms with E-state index in [0.717, 1.165) is 39.2 Å². The van der Waals surface area contributed by atoms with E-state index in [1.165, 1.54) is 6.08 Å². The molecule has 0 radical (unpaired) electrons. The number of primary amides is 1. The van der Waals surface area contributed by atoms with Gasteiger partial charge in [0.25, 0.3) is 0 Å². The lowest BCUT2D eigenvalue weighted by Crippen LogP contribution is -2.04. The van der Waals surface area contributed by atoms with Gasteiger partial charge < -0.3 is 15.5 Å². The molecule has 132 valence electrons. The number of hydrogen-bond donors (Lipinski definition) is 2. The zero-order chi connectivity index (χ0) is 18.6. The molecule has 0 bridgehead atoms. The van der Waals surface area contributed by atoms with Gasteiger partial charge in [0, 0.05) is 35.0 Å². The van der Waals surface area contributed by atoms with Crippen molar-refractivity contribution in [1.82, 2.24) is 9.97 Å². The van der Waals surface area contributed by atoms with Gasteiger partial charge in [0.1, 0.15) is 17.1 Å². The maximum atomic E-state index is 11.0. The average Bonchev–Trinajstić information content (AvgIpc) is 3.10. The number of hydrogen-bond acceptors (Lipinski definition) is 3. The second-order valence-electron chi connectivity index (χ2n) is 6.04. The number of nitrogens with zero attached hydrogens (tertiary/aromatic N) is 1. The van der Waals surface area contributed by atoms with Gasteiger partial charge in [0.2, 0.25) is 5.91 Å². The fourth-order valence-electron chi connectivity index (χ4n) is 2.83. The molecule has 0 aliphatic rings. The molecule has 0 spiro atoms. The molecule has 0 fully saturated rings. The number of carbonyl (C=O) groups is 1. The Morgan fingerprint density at radius 2 is 1.74 bits per heavy atom. The Hall–Kier alpha value is -3.86. The minimum absolute atomic E-state index is 0.484. The van der Waals surface area contributed by atoms with Crippen molar-refractivity contribution in [3.05, 3.63) is 84.7 Å². The summed E-state index contributed by atoms with van der Waals surface area (Å²) in [5.41, 5.74) is 8.80. The summed E-state index contributed by atoms with van der Waals surface area (Å²) in [6.07, 6.45) is 6.64. The lowest BCUT2D eigenvalue weighted by Gasteiger charge is -2.07. The fraction of sp³-hybridized carbons (Fsp3) is 0. The number of H-pyrrole nitrogens is 1. The number of para-hydroxylation sites is 1. The SMILES string of the molecule is NC(=O)C=Cc1c[nH]c2ncc(-c3ccc(Oc4ccccc4)cc3)cc12. The number of ether oxygens (including phenoxy) is 1. The molecule has 0 aliphatic carbocycles. The van der Waals surface area contributed by atoms with Crippen LogP contribution >= 0.6 is 0 Å². The summed E-state index contributed by atoms with van der Waals surface area (Å²) in [4.78, 5) is 18.5.